The second-order valence-corrected chi connectivity index (χ2v) is 8.31. The molecule has 162 valence electrons. The largest absolute Gasteiger partial charge is 0.493 e. The van der Waals surface area contributed by atoms with Crippen molar-refractivity contribution in [3.8, 4) is 11.5 Å². The summed E-state index contributed by atoms with van der Waals surface area (Å²) < 4.78 is 11.8. The Bertz CT molecular complexity index is 1040. The number of hydrogen-bond donors (Lipinski definition) is 0. The van der Waals surface area contributed by atoms with E-state index in [1.54, 1.807) is 30.2 Å². The van der Waals surface area contributed by atoms with Gasteiger partial charge in [-0.05, 0) is 50.8 Å². The average molecular weight is 470 g/mol. The summed E-state index contributed by atoms with van der Waals surface area (Å²) in [6, 6.07) is 9.04. The van der Waals surface area contributed by atoms with E-state index < -0.39 is 0 Å². The molecule has 3 aromatic rings. The molecule has 0 aliphatic heterocycles. The molecule has 1 heterocycles. The smallest absolute Gasteiger partial charge is 0.264 e. The molecule has 6 nitrogen and oxygen atoms in total. The predicted molar refractivity (Wildman–Crippen MR) is 126 cm³/mol. The van der Waals surface area contributed by atoms with Crippen molar-refractivity contribution in [3.63, 3.8) is 0 Å². The number of anilines is 1. The number of benzene rings is 2. The average Bonchev–Trinajstić information content (AvgIpc) is 3.10. The number of methoxy groups -OCH3 is 2. The number of para-hydroxylation sites is 1. The van der Waals surface area contributed by atoms with Gasteiger partial charge in [0.1, 0.15) is 0 Å². The molecule has 0 atom stereocenters. The molecule has 0 fully saturated rings. The normalized spacial score (nSPS) is 10.8. The molecule has 0 saturated carbocycles. The minimum Gasteiger partial charge on any atom is -0.493 e. The van der Waals surface area contributed by atoms with Crippen molar-refractivity contribution in [3.05, 3.63) is 46.5 Å². The topological polar surface area (TPSA) is 54.9 Å². The second-order valence-electron chi connectivity index (χ2n) is 6.87. The number of rotatable bonds is 7. The van der Waals surface area contributed by atoms with E-state index in [1.165, 1.54) is 18.4 Å². The van der Waals surface area contributed by atoms with E-state index in [0.717, 1.165) is 15.8 Å². The quantitative estimate of drug-likeness (QED) is 0.492. The number of nitrogens with zero attached hydrogens (tertiary/aromatic N) is 3. The molecule has 0 N–H and O–H groups in total. The van der Waals surface area contributed by atoms with E-state index >= 15 is 0 Å². The lowest BCUT2D eigenvalue weighted by Gasteiger charge is -2.23. The van der Waals surface area contributed by atoms with Gasteiger partial charge in [0.15, 0.2) is 16.6 Å². The van der Waals surface area contributed by atoms with Gasteiger partial charge in [-0.2, -0.15) is 0 Å². The highest BCUT2D eigenvalue weighted by Crippen LogP contribution is 2.36. The van der Waals surface area contributed by atoms with Crippen molar-refractivity contribution >= 4 is 56.6 Å². The number of aryl methyl sites for hydroxylation is 1. The highest BCUT2D eigenvalue weighted by molar-refractivity contribution is 7.22. The third-order valence-corrected chi connectivity index (χ3v) is 5.76. The molecular weight excluding hydrogens is 445 g/mol. The summed E-state index contributed by atoms with van der Waals surface area (Å²) in [5.74, 6) is 0.735. The van der Waals surface area contributed by atoms with Gasteiger partial charge in [-0.3, -0.25) is 9.69 Å². The number of carbonyl (C=O) groups excluding carboxylic acids is 1. The number of carbonyl (C=O) groups is 1. The Morgan fingerprint density at radius 2 is 1.90 bits per heavy atom. The van der Waals surface area contributed by atoms with E-state index in [2.05, 4.69) is 0 Å². The molecule has 9 heteroatoms. The molecule has 1 amide bonds. The van der Waals surface area contributed by atoms with Crippen molar-refractivity contribution in [2.75, 3.05) is 46.3 Å². The Hall–Kier alpha value is -2.06. The van der Waals surface area contributed by atoms with Gasteiger partial charge in [-0.1, -0.05) is 29.0 Å². The van der Waals surface area contributed by atoms with Crippen molar-refractivity contribution in [1.82, 2.24) is 9.88 Å². The fourth-order valence-electron chi connectivity index (χ4n) is 3.04. The molecule has 0 aliphatic carbocycles. The molecule has 30 heavy (non-hydrogen) atoms. The molecule has 0 aliphatic rings. The van der Waals surface area contributed by atoms with Crippen LogP contribution in [-0.2, 0) is 0 Å². The Balaban J connectivity index is 0.00000320. The highest BCUT2D eigenvalue weighted by Gasteiger charge is 2.26. The van der Waals surface area contributed by atoms with Crippen molar-refractivity contribution in [2.45, 2.75) is 6.92 Å². The van der Waals surface area contributed by atoms with Crippen LogP contribution in [0.3, 0.4) is 0 Å². The van der Waals surface area contributed by atoms with Crippen molar-refractivity contribution in [1.29, 1.82) is 0 Å². The number of hydrogen-bond acceptors (Lipinski definition) is 6. The monoisotopic (exact) mass is 469 g/mol. The van der Waals surface area contributed by atoms with Gasteiger partial charge in [0.05, 0.1) is 30.0 Å². The number of ether oxygens (including phenoxy) is 2. The summed E-state index contributed by atoms with van der Waals surface area (Å²) in [5.41, 5.74) is 2.27. The molecule has 2 aromatic carbocycles. The zero-order valence-electron chi connectivity index (χ0n) is 17.6. The molecular formula is C21H25Cl2N3O3S. The molecule has 0 saturated heterocycles. The zero-order chi connectivity index (χ0) is 21.1. The van der Waals surface area contributed by atoms with E-state index in [0.29, 0.717) is 40.3 Å². The molecule has 0 unspecified atom stereocenters. The molecule has 0 spiro atoms. The van der Waals surface area contributed by atoms with Gasteiger partial charge in [0.25, 0.3) is 5.91 Å². The molecule has 0 radical (unpaired) electrons. The van der Waals surface area contributed by atoms with Gasteiger partial charge in [0, 0.05) is 18.1 Å². The first kappa shape index (κ1) is 24.2. The minimum atomic E-state index is -0.189. The SMILES string of the molecule is COc1cccc(C(=O)N(CCN(C)C)c2nc3c(C)cc(Cl)cc3s2)c1OC.Cl. The number of fused-ring (bicyclic) bond motifs is 1. The van der Waals surface area contributed by atoms with Crippen LogP contribution in [-0.4, -0.2) is 57.2 Å². The van der Waals surface area contributed by atoms with Gasteiger partial charge in [0.2, 0.25) is 0 Å². The Kier molecular flexibility index (Phi) is 8.32. The Labute approximate surface area is 191 Å². The first-order valence-corrected chi connectivity index (χ1v) is 10.3. The maximum Gasteiger partial charge on any atom is 0.264 e. The highest BCUT2D eigenvalue weighted by atomic mass is 35.5. The van der Waals surface area contributed by atoms with E-state index in [4.69, 9.17) is 26.1 Å². The van der Waals surface area contributed by atoms with Crippen LogP contribution in [0.1, 0.15) is 15.9 Å². The van der Waals surface area contributed by atoms with Crippen LogP contribution in [0.25, 0.3) is 10.2 Å². The third-order valence-electron chi connectivity index (χ3n) is 4.52. The van der Waals surface area contributed by atoms with E-state index in [1.807, 2.05) is 38.1 Å². The lowest BCUT2D eigenvalue weighted by atomic mass is 10.1. The van der Waals surface area contributed by atoms with Crippen molar-refractivity contribution < 1.29 is 14.3 Å². The summed E-state index contributed by atoms with van der Waals surface area (Å²) in [6.45, 7) is 3.14. The minimum absolute atomic E-state index is 0. The van der Waals surface area contributed by atoms with Crippen LogP contribution in [0.15, 0.2) is 30.3 Å². The summed E-state index contributed by atoms with van der Waals surface area (Å²) in [6.07, 6.45) is 0. The van der Waals surface area contributed by atoms with Crippen LogP contribution >= 0.6 is 35.3 Å². The predicted octanol–water partition coefficient (Wildman–Crippen LogP) is 4.91. The van der Waals surface area contributed by atoms with Crippen LogP contribution in [0.5, 0.6) is 11.5 Å². The fraction of sp³-hybridized carbons (Fsp3) is 0.333. The molecule has 3 rings (SSSR count). The summed E-state index contributed by atoms with van der Waals surface area (Å²) in [5, 5.41) is 1.29. The van der Waals surface area contributed by atoms with Gasteiger partial charge >= 0.3 is 0 Å². The summed E-state index contributed by atoms with van der Waals surface area (Å²) in [7, 11) is 7.02. The first-order chi connectivity index (χ1) is 13.8. The lowest BCUT2D eigenvalue weighted by molar-refractivity contribution is 0.0981. The second kappa shape index (κ2) is 10.3. The lowest BCUT2D eigenvalue weighted by Crippen LogP contribution is -2.37. The van der Waals surface area contributed by atoms with Gasteiger partial charge in [-0.25, -0.2) is 4.98 Å². The number of halogens is 2. The molecule has 0 bridgehead atoms. The number of amides is 1. The molecule has 1 aromatic heterocycles. The zero-order valence-corrected chi connectivity index (χ0v) is 20.0. The number of thiazole rings is 1. The third kappa shape index (κ3) is 4.98. The first-order valence-electron chi connectivity index (χ1n) is 9.10. The van der Waals surface area contributed by atoms with E-state index in [-0.39, 0.29) is 18.3 Å². The van der Waals surface area contributed by atoms with Crippen LogP contribution in [0, 0.1) is 6.92 Å². The van der Waals surface area contributed by atoms with Gasteiger partial charge < -0.3 is 14.4 Å². The summed E-state index contributed by atoms with van der Waals surface area (Å²) in [4.78, 5) is 22.0. The summed E-state index contributed by atoms with van der Waals surface area (Å²) >= 11 is 7.66. The van der Waals surface area contributed by atoms with Gasteiger partial charge in [-0.15, -0.1) is 12.4 Å². The number of aromatic nitrogens is 1. The van der Waals surface area contributed by atoms with Crippen LogP contribution < -0.4 is 14.4 Å². The maximum atomic E-state index is 13.5. The Morgan fingerprint density at radius 3 is 2.53 bits per heavy atom. The fourth-order valence-corrected chi connectivity index (χ4v) is 4.49. The van der Waals surface area contributed by atoms with Crippen molar-refractivity contribution in [2.24, 2.45) is 0 Å². The van der Waals surface area contributed by atoms with Crippen LogP contribution in [0.4, 0.5) is 5.13 Å². The van der Waals surface area contributed by atoms with E-state index in [9.17, 15) is 4.79 Å². The standard InChI is InChI=1S/C21H24ClN3O3S.ClH/c1-13-11-14(22)12-17-18(13)23-21(29-17)25(10-9-24(2)3)20(26)15-7-6-8-16(27-4)19(15)28-5;/h6-8,11-12H,9-10H2,1-5H3;1H. The Morgan fingerprint density at radius 1 is 1.17 bits per heavy atom. The number of likely N-dealkylation sites (N-methyl/N-ethyl adjacent to an activating group) is 1. The van der Waals surface area contributed by atoms with Crippen LogP contribution in [0.2, 0.25) is 5.02 Å². The maximum absolute atomic E-state index is 13.5.